The molecule has 0 aromatic carbocycles. The quantitative estimate of drug-likeness (QED) is 0.732. The number of rotatable bonds is 5. The number of carboxylic acids is 1. The number of aliphatic carboxylic acids is 1. The molecular weight excluding hydrogens is 208 g/mol. The number of carbonyl (C=O) groups excluding carboxylic acids is 1. The first-order chi connectivity index (χ1) is 6.98. The van der Waals surface area contributed by atoms with Gasteiger partial charge in [-0.2, -0.15) is 0 Å². The second-order valence-corrected chi connectivity index (χ2v) is 5.31. The molecule has 5 heteroatoms. The van der Waals surface area contributed by atoms with Gasteiger partial charge in [-0.3, -0.25) is 4.79 Å². The topological polar surface area (TPSA) is 83.6 Å². The molecule has 16 heavy (non-hydrogen) atoms. The van der Waals surface area contributed by atoms with E-state index in [1.54, 1.807) is 0 Å². The first-order valence-electron chi connectivity index (χ1n) is 5.27. The second-order valence-electron chi connectivity index (χ2n) is 5.31. The number of nitrogens with two attached hydrogens (primary N) is 1. The summed E-state index contributed by atoms with van der Waals surface area (Å²) in [6.45, 7) is 6.67. The van der Waals surface area contributed by atoms with Crippen LogP contribution in [0.2, 0.25) is 0 Å². The molecule has 0 saturated heterocycles. The van der Waals surface area contributed by atoms with Crippen LogP contribution in [-0.4, -0.2) is 40.0 Å². The maximum Gasteiger partial charge on any atom is 0.329 e. The van der Waals surface area contributed by atoms with Crippen molar-refractivity contribution in [3.63, 3.8) is 0 Å². The Labute approximate surface area is 96.6 Å². The van der Waals surface area contributed by atoms with E-state index in [1.165, 1.54) is 25.8 Å². The van der Waals surface area contributed by atoms with Gasteiger partial charge < -0.3 is 15.7 Å². The SMILES string of the molecule is CN(C(=O)CCC(C)(C)N)C(C)(C)C(=O)O. The van der Waals surface area contributed by atoms with Gasteiger partial charge in [0.05, 0.1) is 0 Å². The molecule has 0 bridgehead atoms. The zero-order chi connectivity index (χ0) is 13.1. The normalized spacial score (nSPS) is 12.4. The highest BCUT2D eigenvalue weighted by atomic mass is 16.4. The van der Waals surface area contributed by atoms with E-state index in [-0.39, 0.29) is 12.3 Å². The molecule has 0 aromatic rings. The number of carbonyl (C=O) groups is 2. The number of hydrogen-bond acceptors (Lipinski definition) is 3. The average Bonchev–Trinajstić information content (AvgIpc) is 2.11. The lowest BCUT2D eigenvalue weighted by atomic mass is 9.98. The van der Waals surface area contributed by atoms with Gasteiger partial charge in [0.15, 0.2) is 0 Å². The van der Waals surface area contributed by atoms with E-state index in [0.717, 1.165) is 0 Å². The van der Waals surface area contributed by atoms with E-state index < -0.39 is 17.0 Å². The summed E-state index contributed by atoms with van der Waals surface area (Å²) in [4.78, 5) is 23.9. The molecule has 94 valence electrons. The fourth-order valence-corrected chi connectivity index (χ4v) is 1.05. The van der Waals surface area contributed by atoms with E-state index in [2.05, 4.69) is 0 Å². The number of carboxylic acid groups (broad SMARTS) is 1. The molecule has 0 fully saturated rings. The zero-order valence-corrected chi connectivity index (χ0v) is 10.7. The van der Waals surface area contributed by atoms with Crippen LogP contribution in [0, 0.1) is 0 Å². The van der Waals surface area contributed by atoms with E-state index in [0.29, 0.717) is 6.42 Å². The third-order valence-electron chi connectivity index (χ3n) is 2.72. The predicted octanol–water partition coefficient (Wildman–Crippen LogP) is 0.825. The molecular formula is C11H22N2O3. The summed E-state index contributed by atoms with van der Waals surface area (Å²) in [5.74, 6) is -1.22. The number of likely N-dealkylation sites (N-methyl/N-ethyl adjacent to an activating group) is 1. The molecule has 5 nitrogen and oxygen atoms in total. The highest BCUT2D eigenvalue weighted by Gasteiger charge is 2.35. The van der Waals surface area contributed by atoms with Gasteiger partial charge in [-0.1, -0.05) is 0 Å². The monoisotopic (exact) mass is 230 g/mol. The van der Waals surface area contributed by atoms with Crippen LogP contribution in [0.3, 0.4) is 0 Å². The van der Waals surface area contributed by atoms with Crippen molar-refractivity contribution >= 4 is 11.9 Å². The molecule has 0 heterocycles. The van der Waals surface area contributed by atoms with Crippen LogP contribution in [0.5, 0.6) is 0 Å². The molecule has 0 aliphatic rings. The zero-order valence-electron chi connectivity index (χ0n) is 10.7. The van der Waals surface area contributed by atoms with E-state index in [4.69, 9.17) is 10.8 Å². The van der Waals surface area contributed by atoms with Crippen LogP contribution in [-0.2, 0) is 9.59 Å². The summed E-state index contributed by atoms with van der Waals surface area (Å²) in [6, 6.07) is 0. The van der Waals surface area contributed by atoms with Gasteiger partial charge in [-0.25, -0.2) is 4.79 Å². The second kappa shape index (κ2) is 4.82. The van der Waals surface area contributed by atoms with Crippen LogP contribution >= 0.6 is 0 Å². The molecule has 1 amide bonds. The molecule has 0 aliphatic heterocycles. The Balaban J connectivity index is 4.46. The van der Waals surface area contributed by atoms with Crippen LogP contribution in [0.1, 0.15) is 40.5 Å². The average molecular weight is 230 g/mol. The van der Waals surface area contributed by atoms with Crippen molar-refractivity contribution in [1.82, 2.24) is 4.90 Å². The van der Waals surface area contributed by atoms with Gasteiger partial charge in [-0.05, 0) is 34.1 Å². The summed E-state index contributed by atoms with van der Waals surface area (Å²) in [5.41, 5.74) is 4.17. The molecule has 0 saturated carbocycles. The van der Waals surface area contributed by atoms with E-state index in [9.17, 15) is 9.59 Å². The van der Waals surface area contributed by atoms with Crippen LogP contribution < -0.4 is 5.73 Å². The molecule has 0 atom stereocenters. The number of nitrogens with zero attached hydrogens (tertiary/aromatic N) is 1. The number of amides is 1. The van der Waals surface area contributed by atoms with Crippen molar-refractivity contribution in [1.29, 1.82) is 0 Å². The highest BCUT2D eigenvalue weighted by Crippen LogP contribution is 2.16. The van der Waals surface area contributed by atoms with Crippen molar-refractivity contribution in [2.24, 2.45) is 5.73 Å². The van der Waals surface area contributed by atoms with Gasteiger partial charge >= 0.3 is 5.97 Å². The molecule has 0 radical (unpaired) electrons. The molecule has 0 rings (SSSR count). The smallest absolute Gasteiger partial charge is 0.329 e. The standard InChI is InChI=1S/C11H22N2O3/c1-10(2,12)7-6-8(14)13(5)11(3,4)9(15)16/h6-7,12H2,1-5H3,(H,15,16). The van der Waals surface area contributed by atoms with Gasteiger partial charge in [0.25, 0.3) is 0 Å². The summed E-state index contributed by atoms with van der Waals surface area (Å²) >= 11 is 0. The summed E-state index contributed by atoms with van der Waals surface area (Å²) < 4.78 is 0. The lowest BCUT2D eigenvalue weighted by Crippen LogP contribution is -2.51. The lowest BCUT2D eigenvalue weighted by Gasteiger charge is -2.32. The Morgan fingerprint density at radius 2 is 1.69 bits per heavy atom. The van der Waals surface area contributed by atoms with Crippen molar-refractivity contribution < 1.29 is 14.7 Å². The maximum atomic E-state index is 11.7. The van der Waals surface area contributed by atoms with Gasteiger partial charge in [0.1, 0.15) is 5.54 Å². The van der Waals surface area contributed by atoms with Crippen LogP contribution in [0.4, 0.5) is 0 Å². The van der Waals surface area contributed by atoms with Gasteiger partial charge in [-0.15, -0.1) is 0 Å². The van der Waals surface area contributed by atoms with E-state index in [1.807, 2.05) is 13.8 Å². The Hall–Kier alpha value is -1.10. The summed E-state index contributed by atoms with van der Waals surface area (Å²) in [7, 11) is 1.50. The molecule has 3 N–H and O–H groups in total. The lowest BCUT2D eigenvalue weighted by molar-refractivity contribution is -0.155. The Morgan fingerprint density at radius 1 is 1.25 bits per heavy atom. The van der Waals surface area contributed by atoms with Crippen molar-refractivity contribution in [3.05, 3.63) is 0 Å². The van der Waals surface area contributed by atoms with Crippen molar-refractivity contribution in [2.45, 2.75) is 51.6 Å². The first kappa shape index (κ1) is 14.9. The van der Waals surface area contributed by atoms with Crippen LogP contribution in [0.15, 0.2) is 0 Å². The van der Waals surface area contributed by atoms with E-state index >= 15 is 0 Å². The Bertz CT molecular complexity index is 279. The summed E-state index contributed by atoms with van der Waals surface area (Å²) in [6.07, 6.45) is 0.794. The maximum absolute atomic E-state index is 11.7. The van der Waals surface area contributed by atoms with Crippen molar-refractivity contribution in [2.75, 3.05) is 7.05 Å². The fourth-order valence-electron chi connectivity index (χ4n) is 1.05. The van der Waals surface area contributed by atoms with Gasteiger partial charge in [0, 0.05) is 19.0 Å². The molecule has 0 aliphatic carbocycles. The Morgan fingerprint density at radius 3 is 2.00 bits per heavy atom. The minimum absolute atomic E-state index is 0.203. The third-order valence-corrected chi connectivity index (χ3v) is 2.72. The minimum atomic E-state index is -1.18. The minimum Gasteiger partial charge on any atom is -0.480 e. The summed E-state index contributed by atoms with van der Waals surface area (Å²) in [5, 5.41) is 8.97. The first-order valence-corrected chi connectivity index (χ1v) is 5.27. The molecule has 0 spiro atoms. The van der Waals surface area contributed by atoms with Crippen molar-refractivity contribution in [3.8, 4) is 0 Å². The van der Waals surface area contributed by atoms with Crippen LogP contribution in [0.25, 0.3) is 0 Å². The molecule has 0 unspecified atom stereocenters. The largest absolute Gasteiger partial charge is 0.480 e. The fraction of sp³-hybridized carbons (Fsp3) is 0.818. The third kappa shape index (κ3) is 4.18. The Kier molecular flexibility index (Phi) is 4.49. The molecule has 0 aromatic heterocycles. The number of hydrogen-bond donors (Lipinski definition) is 2. The van der Waals surface area contributed by atoms with Gasteiger partial charge in [0.2, 0.25) is 5.91 Å². The highest BCUT2D eigenvalue weighted by molar-refractivity contribution is 5.86. The predicted molar refractivity (Wildman–Crippen MR) is 62.0 cm³/mol.